The lowest BCUT2D eigenvalue weighted by Crippen LogP contribution is -2.44. The van der Waals surface area contributed by atoms with E-state index in [1.165, 1.54) is 0 Å². The highest BCUT2D eigenvalue weighted by molar-refractivity contribution is 5.58. The summed E-state index contributed by atoms with van der Waals surface area (Å²) in [4.78, 5) is 11.3. The summed E-state index contributed by atoms with van der Waals surface area (Å²) in [6, 6.07) is 0. The fourth-order valence-corrected chi connectivity index (χ4v) is 0.600. The van der Waals surface area contributed by atoms with Crippen molar-refractivity contribution >= 4 is 6.09 Å². The zero-order valence-corrected chi connectivity index (χ0v) is 9.63. The van der Waals surface area contributed by atoms with Gasteiger partial charge >= 0.3 is 6.09 Å². The molecule has 4 heteroatoms. The molecule has 0 aliphatic carbocycles. The van der Waals surface area contributed by atoms with Crippen molar-refractivity contribution in [2.75, 3.05) is 55.4 Å². The first kappa shape index (κ1) is 12.4. The Hall–Kier alpha value is -0.610. The maximum atomic E-state index is 11.3. The van der Waals surface area contributed by atoms with E-state index in [-0.39, 0.29) is 10.6 Å². The van der Waals surface area contributed by atoms with Gasteiger partial charge in [-0.1, -0.05) is 0 Å². The highest BCUT2D eigenvalue weighted by Gasteiger charge is 2.23. The molecule has 0 unspecified atom stereocenters. The third-order valence-corrected chi connectivity index (χ3v) is 1.54. The van der Waals surface area contributed by atoms with Gasteiger partial charge in [0.1, 0.15) is 13.2 Å². The van der Waals surface area contributed by atoms with E-state index >= 15 is 0 Å². The van der Waals surface area contributed by atoms with E-state index in [9.17, 15) is 4.79 Å². The zero-order chi connectivity index (χ0) is 10.7. The minimum Gasteiger partial charge on any atom is -0.414 e. The fraction of sp³-hybridized carbons (Fsp3) is 0.889. The smallest absolute Gasteiger partial charge is 0.414 e. The van der Waals surface area contributed by atoms with E-state index in [0.29, 0.717) is 6.61 Å². The monoisotopic (exact) mass is 190 g/mol. The molecule has 0 bridgehead atoms. The molecular formula is C9H22N2O2+2. The van der Waals surface area contributed by atoms with Crippen molar-refractivity contribution in [3.05, 3.63) is 0 Å². The summed E-state index contributed by atoms with van der Waals surface area (Å²) in [6.45, 7) is 1.32. The second-order valence-corrected chi connectivity index (χ2v) is 5.14. The Kier molecular flexibility index (Phi) is 3.88. The Morgan fingerprint density at radius 3 is 1.85 bits per heavy atom. The maximum absolute atomic E-state index is 11.3. The van der Waals surface area contributed by atoms with Crippen LogP contribution in [0, 0.1) is 0 Å². The van der Waals surface area contributed by atoms with Gasteiger partial charge in [0.2, 0.25) is 0 Å². The molecule has 0 N–H and O–H groups in total. The van der Waals surface area contributed by atoms with E-state index in [4.69, 9.17) is 4.74 Å². The fourth-order valence-electron chi connectivity index (χ4n) is 0.600. The maximum Gasteiger partial charge on any atom is 0.515 e. The van der Waals surface area contributed by atoms with Crippen molar-refractivity contribution in [3.63, 3.8) is 0 Å². The molecule has 0 saturated carbocycles. The summed E-state index contributed by atoms with van der Waals surface area (Å²) in [5, 5.41) is 0. The number of ether oxygens (including phenoxy) is 1. The highest BCUT2D eigenvalue weighted by atomic mass is 16.6. The molecule has 78 valence electrons. The Labute approximate surface area is 80.9 Å². The van der Waals surface area contributed by atoms with Crippen LogP contribution in [-0.4, -0.2) is 70.5 Å². The summed E-state index contributed by atoms with van der Waals surface area (Å²) >= 11 is 0. The number of carbonyl (C=O) groups excluding carboxylic acids is 1. The molecule has 0 rings (SSSR count). The summed E-state index contributed by atoms with van der Waals surface area (Å²) in [6.07, 6.45) is -0.187. The summed E-state index contributed by atoms with van der Waals surface area (Å²) in [5.41, 5.74) is 0. The minimum absolute atomic E-state index is 0.187. The molecule has 0 aliphatic rings. The molecule has 0 saturated heterocycles. The van der Waals surface area contributed by atoms with Crippen molar-refractivity contribution < 1.29 is 18.5 Å². The largest absolute Gasteiger partial charge is 0.515 e. The van der Waals surface area contributed by atoms with Crippen LogP contribution in [0.1, 0.15) is 0 Å². The van der Waals surface area contributed by atoms with Crippen molar-refractivity contribution in [3.8, 4) is 0 Å². The van der Waals surface area contributed by atoms with Gasteiger partial charge in [0.15, 0.2) is 0 Å². The molecule has 0 atom stereocenters. The van der Waals surface area contributed by atoms with Crippen molar-refractivity contribution in [2.45, 2.75) is 0 Å². The minimum atomic E-state index is -0.187. The van der Waals surface area contributed by atoms with Gasteiger partial charge in [0, 0.05) is 0 Å². The van der Waals surface area contributed by atoms with Crippen LogP contribution < -0.4 is 0 Å². The van der Waals surface area contributed by atoms with Crippen molar-refractivity contribution in [2.24, 2.45) is 0 Å². The topological polar surface area (TPSA) is 26.3 Å². The number of likely N-dealkylation sites (N-methyl/N-ethyl adjacent to an activating group) is 1. The predicted octanol–water partition coefficient (Wildman–Crippen LogP) is 0.535. The number of nitrogens with zero attached hydrogens (tertiary/aromatic N) is 2. The molecule has 0 fully saturated rings. The summed E-state index contributed by atoms with van der Waals surface area (Å²) in [5.74, 6) is 0. The van der Waals surface area contributed by atoms with Crippen molar-refractivity contribution in [1.29, 1.82) is 0 Å². The van der Waals surface area contributed by atoms with Gasteiger partial charge in [0.05, 0.1) is 42.3 Å². The van der Waals surface area contributed by atoms with Crippen LogP contribution in [0.2, 0.25) is 0 Å². The van der Waals surface area contributed by atoms with Crippen LogP contribution in [0.4, 0.5) is 4.79 Å². The average Bonchev–Trinajstić information content (AvgIpc) is 1.82. The highest BCUT2D eigenvalue weighted by Crippen LogP contribution is 1.97. The Bertz CT molecular complexity index is 177. The van der Waals surface area contributed by atoms with Crippen LogP contribution in [-0.2, 0) is 4.74 Å². The quantitative estimate of drug-likeness (QED) is 0.607. The van der Waals surface area contributed by atoms with E-state index in [2.05, 4.69) is 21.1 Å². The molecular weight excluding hydrogens is 168 g/mol. The van der Waals surface area contributed by atoms with Crippen LogP contribution >= 0.6 is 0 Å². The van der Waals surface area contributed by atoms with Gasteiger partial charge in [0.25, 0.3) is 0 Å². The average molecular weight is 190 g/mol. The van der Waals surface area contributed by atoms with Gasteiger partial charge in [-0.05, 0) is 0 Å². The predicted molar refractivity (Wildman–Crippen MR) is 52.3 cm³/mol. The molecule has 0 radical (unpaired) electrons. The molecule has 0 spiro atoms. The van der Waals surface area contributed by atoms with E-state index in [1.807, 2.05) is 0 Å². The van der Waals surface area contributed by atoms with Crippen LogP contribution in [0.5, 0.6) is 0 Å². The molecule has 0 aliphatic heterocycles. The molecule has 13 heavy (non-hydrogen) atoms. The zero-order valence-electron chi connectivity index (χ0n) is 9.63. The number of carbonyl (C=O) groups is 1. The number of hydrogen-bond acceptors (Lipinski definition) is 2. The third-order valence-electron chi connectivity index (χ3n) is 1.54. The normalized spacial score (nSPS) is 12.8. The number of rotatable bonds is 3. The van der Waals surface area contributed by atoms with E-state index in [1.54, 1.807) is 21.1 Å². The van der Waals surface area contributed by atoms with Crippen LogP contribution in [0.25, 0.3) is 0 Å². The first-order valence-electron chi connectivity index (χ1n) is 4.42. The molecule has 0 aromatic rings. The number of hydrogen-bond donors (Lipinski definition) is 0. The Balaban J connectivity index is 3.74. The van der Waals surface area contributed by atoms with Gasteiger partial charge in [-0.25, -0.2) is 4.48 Å². The number of amides is 1. The number of quaternary nitrogens is 2. The van der Waals surface area contributed by atoms with Gasteiger partial charge in [-0.3, -0.25) is 0 Å². The molecule has 1 amide bonds. The summed E-state index contributed by atoms with van der Waals surface area (Å²) < 4.78 is 6.13. The molecule has 0 heterocycles. The van der Waals surface area contributed by atoms with Gasteiger partial charge in [-0.2, -0.15) is 4.79 Å². The molecule has 4 nitrogen and oxygen atoms in total. The SMILES string of the molecule is C[N+](C)(C)CCOC(=O)[N+](C)(C)C. The van der Waals surface area contributed by atoms with Gasteiger partial charge < -0.3 is 9.22 Å². The second-order valence-electron chi connectivity index (χ2n) is 5.14. The molecule has 0 aromatic carbocycles. The lowest BCUT2D eigenvalue weighted by atomic mass is 10.5. The van der Waals surface area contributed by atoms with Gasteiger partial charge in [-0.15, -0.1) is 0 Å². The lowest BCUT2D eigenvalue weighted by Gasteiger charge is -2.24. The summed E-state index contributed by atoms with van der Waals surface area (Å²) in [7, 11) is 11.6. The second kappa shape index (κ2) is 4.07. The van der Waals surface area contributed by atoms with E-state index in [0.717, 1.165) is 11.0 Å². The Morgan fingerprint density at radius 2 is 1.54 bits per heavy atom. The standard InChI is InChI=1S/C9H22N2O2/c1-10(2,3)7-8-13-9(12)11(4,5)6/h7-8H2,1-6H3/q+2. The first-order chi connectivity index (χ1) is 5.63. The first-order valence-corrected chi connectivity index (χ1v) is 4.42. The lowest BCUT2D eigenvalue weighted by molar-refractivity contribution is -0.871. The van der Waals surface area contributed by atoms with Crippen LogP contribution in [0.15, 0.2) is 0 Å². The van der Waals surface area contributed by atoms with Crippen molar-refractivity contribution in [1.82, 2.24) is 0 Å². The van der Waals surface area contributed by atoms with Crippen LogP contribution in [0.3, 0.4) is 0 Å². The molecule has 0 aromatic heterocycles. The van der Waals surface area contributed by atoms with E-state index < -0.39 is 0 Å². The Morgan fingerprint density at radius 1 is 1.08 bits per heavy atom. The third kappa shape index (κ3) is 6.54.